The van der Waals surface area contributed by atoms with Crippen molar-refractivity contribution in [2.45, 2.75) is 6.54 Å². The summed E-state index contributed by atoms with van der Waals surface area (Å²) in [6.45, 7) is 1.34. The van der Waals surface area contributed by atoms with E-state index in [1.807, 2.05) is 6.07 Å². The van der Waals surface area contributed by atoms with Gasteiger partial charge in [-0.25, -0.2) is 4.39 Å². The zero-order valence-corrected chi connectivity index (χ0v) is 8.77. The fourth-order valence-corrected chi connectivity index (χ4v) is 1.25. The molecule has 0 aromatic heterocycles. The highest BCUT2D eigenvalue weighted by molar-refractivity contribution is 6.18. The minimum atomic E-state index is -0.335. The standard InChI is InChI=1S/C10H13ClFNO/c1-14-10-3-2-8(6-9(10)12)7-13-5-4-11/h2-3,6,13H,4-5,7H2,1H3. The van der Waals surface area contributed by atoms with E-state index in [9.17, 15) is 4.39 Å². The molecule has 78 valence electrons. The molecule has 0 bridgehead atoms. The summed E-state index contributed by atoms with van der Waals surface area (Å²) in [5.41, 5.74) is 0.883. The van der Waals surface area contributed by atoms with Gasteiger partial charge < -0.3 is 10.1 Å². The molecule has 0 aliphatic carbocycles. The summed E-state index contributed by atoms with van der Waals surface area (Å²) in [4.78, 5) is 0. The number of hydrogen-bond donors (Lipinski definition) is 1. The second-order valence-corrected chi connectivity index (χ2v) is 3.21. The number of ether oxygens (including phenoxy) is 1. The molecule has 0 saturated carbocycles. The zero-order chi connectivity index (χ0) is 10.4. The first-order valence-electron chi connectivity index (χ1n) is 4.37. The van der Waals surface area contributed by atoms with Crippen LogP contribution in [0, 0.1) is 5.82 Å². The van der Waals surface area contributed by atoms with Crippen molar-refractivity contribution in [1.29, 1.82) is 0 Å². The quantitative estimate of drug-likeness (QED) is 0.603. The maximum Gasteiger partial charge on any atom is 0.165 e. The van der Waals surface area contributed by atoms with Gasteiger partial charge in [-0.05, 0) is 17.7 Å². The zero-order valence-electron chi connectivity index (χ0n) is 8.02. The third-order valence-electron chi connectivity index (χ3n) is 1.82. The minimum absolute atomic E-state index is 0.270. The number of hydrogen-bond acceptors (Lipinski definition) is 2. The van der Waals surface area contributed by atoms with Crippen molar-refractivity contribution in [3.63, 3.8) is 0 Å². The van der Waals surface area contributed by atoms with E-state index >= 15 is 0 Å². The lowest BCUT2D eigenvalue weighted by Crippen LogP contribution is -2.15. The van der Waals surface area contributed by atoms with Gasteiger partial charge in [0.1, 0.15) is 0 Å². The summed E-state index contributed by atoms with van der Waals surface area (Å²) in [6.07, 6.45) is 0. The summed E-state index contributed by atoms with van der Waals surface area (Å²) >= 11 is 5.49. The minimum Gasteiger partial charge on any atom is -0.494 e. The highest BCUT2D eigenvalue weighted by atomic mass is 35.5. The molecule has 4 heteroatoms. The Kier molecular flexibility index (Phi) is 4.70. The molecule has 1 rings (SSSR count). The lowest BCUT2D eigenvalue weighted by Gasteiger charge is -2.05. The normalized spacial score (nSPS) is 10.2. The number of halogens is 2. The molecule has 0 unspecified atom stereocenters. The van der Waals surface area contributed by atoms with Crippen LogP contribution in [-0.2, 0) is 6.54 Å². The van der Waals surface area contributed by atoms with Gasteiger partial charge in [-0.2, -0.15) is 0 Å². The van der Waals surface area contributed by atoms with Crippen molar-refractivity contribution in [1.82, 2.24) is 5.32 Å². The Morgan fingerprint density at radius 3 is 2.86 bits per heavy atom. The maximum absolute atomic E-state index is 13.2. The monoisotopic (exact) mass is 217 g/mol. The molecule has 2 nitrogen and oxygen atoms in total. The van der Waals surface area contributed by atoms with Gasteiger partial charge in [0.15, 0.2) is 11.6 Å². The average Bonchev–Trinajstić information content (AvgIpc) is 2.18. The van der Waals surface area contributed by atoms with Crippen LogP contribution >= 0.6 is 11.6 Å². The van der Waals surface area contributed by atoms with Crippen LogP contribution in [0.4, 0.5) is 4.39 Å². The van der Waals surface area contributed by atoms with E-state index in [1.165, 1.54) is 13.2 Å². The molecular weight excluding hydrogens is 205 g/mol. The molecule has 1 aromatic rings. The van der Waals surface area contributed by atoms with Crippen molar-refractivity contribution in [3.05, 3.63) is 29.6 Å². The van der Waals surface area contributed by atoms with E-state index in [4.69, 9.17) is 16.3 Å². The molecule has 0 amide bonds. The van der Waals surface area contributed by atoms with E-state index < -0.39 is 0 Å². The third kappa shape index (κ3) is 3.16. The van der Waals surface area contributed by atoms with Crippen LogP contribution in [0.2, 0.25) is 0 Å². The molecule has 0 aliphatic rings. The fraction of sp³-hybridized carbons (Fsp3) is 0.400. The molecule has 0 spiro atoms. The number of alkyl halides is 1. The molecule has 0 heterocycles. The first kappa shape index (κ1) is 11.3. The molecule has 0 aliphatic heterocycles. The Balaban J connectivity index is 2.57. The molecule has 0 atom stereocenters. The van der Waals surface area contributed by atoms with E-state index in [-0.39, 0.29) is 11.6 Å². The van der Waals surface area contributed by atoms with Gasteiger partial charge >= 0.3 is 0 Å². The Bertz CT molecular complexity index is 293. The SMILES string of the molecule is COc1ccc(CNCCCl)cc1F. The Hall–Kier alpha value is -0.800. The van der Waals surface area contributed by atoms with E-state index in [0.29, 0.717) is 12.4 Å². The lowest BCUT2D eigenvalue weighted by molar-refractivity contribution is 0.386. The lowest BCUT2D eigenvalue weighted by atomic mass is 10.2. The second-order valence-electron chi connectivity index (χ2n) is 2.83. The summed E-state index contributed by atoms with van der Waals surface area (Å²) in [7, 11) is 1.45. The summed E-state index contributed by atoms with van der Waals surface area (Å²) in [5, 5.41) is 3.08. The van der Waals surface area contributed by atoms with Gasteiger partial charge in [0, 0.05) is 19.0 Å². The fourth-order valence-electron chi connectivity index (χ4n) is 1.12. The molecule has 1 N–H and O–H groups in total. The number of rotatable bonds is 5. The van der Waals surface area contributed by atoms with Crippen LogP contribution in [0.3, 0.4) is 0 Å². The molecular formula is C10H13ClFNO. The average molecular weight is 218 g/mol. The summed E-state index contributed by atoms with van der Waals surface area (Å²) < 4.78 is 18.0. The van der Waals surface area contributed by atoms with E-state index in [2.05, 4.69) is 5.32 Å². The predicted molar refractivity (Wildman–Crippen MR) is 55.4 cm³/mol. The van der Waals surface area contributed by atoms with Gasteiger partial charge in [0.25, 0.3) is 0 Å². The number of benzene rings is 1. The maximum atomic E-state index is 13.2. The van der Waals surface area contributed by atoms with Crippen LogP contribution in [0.5, 0.6) is 5.75 Å². The Morgan fingerprint density at radius 1 is 1.50 bits per heavy atom. The highest BCUT2D eigenvalue weighted by Gasteiger charge is 2.02. The van der Waals surface area contributed by atoms with Gasteiger partial charge in [-0.15, -0.1) is 11.6 Å². The van der Waals surface area contributed by atoms with Crippen molar-refractivity contribution >= 4 is 11.6 Å². The summed E-state index contributed by atoms with van der Waals surface area (Å²) in [5.74, 6) is 0.488. The van der Waals surface area contributed by atoms with Gasteiger partial charge in [-0.3, -0.25) is 0 Å². The molecule has 0 radical (unpaired) electrons. The molecule has 14 heavy (non-hydrogen) atoms. The third-order valence-corrected chi connectivity index (χ3v) is 2.01. The number of methoxy groups -OCH3 is 1. The van der Waals surface area contributed by atoms with Crippen LogP contribution in [0.15, 0.2) is 18.2 Å². The highest BCUT2D eigenvalue weighted by Crippen LogP contribution is 2.17. The largest absolute Gasteiger partial charge is 0.494 e. The van der Waals surface area contributed by atoms with E-state index in [0.717, 1.165) is 12.1 Å². The topological polar surface area (TPSA) is 21.3 Å². The first-order valence-corrected chi connectivity index (χ1v) is 4.90. The predicted octanol–water partition coefficient (Wildman–Crippen LogP) is 2.16. The van der Waals surface area contributed by atoms with Crippen molar-refractivity contribution in [3.8, 4) is 5.75 Å². The van der Waals surface area contributed by atoms with Crippen LogP contribution in [0.1, 0.15) is 5.56 Å². The Morgan fingerprint density at radius 2 is 2.29 bits per heavy atom. The summed E-state index contributed by atoms with van der Waals surface area (Å²) in [6, 6.07) is 4.90. The van der Waals surface area contributed by atoms with Crippen LogP contribution in [0.25, 0.3) is 0 Å². The smallest absolute Gasteiger partial charge is 0.165 e. The van der Waals surface area contributed by atoms with Crippen LogP contribution < -0.4 is 10.1 Å². The molecule has 1 aromatic carbocycles. The second kappa shape index (κ2) is 5.83. The Labute approximate surface area is 88.0 Å². The van der Waals surface area contributed by atoms with Gasteiger partial charge in [0.2, 0.25) is 0 Å². The molecule has 0 saturated heterocycles. The first-order chi connectivity index (χ1) is 6.77. The van der Waals surface area contributed by atoms with Gasteiger partial charge in [-0.1, -0.05) is 6.07 Å². The number of nitrogens with one attached hydrogen (secondary N) is 1. The van der Waals surface area contributed by atoms with Gasteiger partial charge in [0.05, 0.1) is 7.11 Å². The van der Waals surface area contributed by atoms with Crippen LogP contribution in [-0.4, -0.2) is 19.5 Å². The van der Waals surface area contributed by atoms with Crippen molar-refractivity contribution in [2.75, 3.05) is 19.5 Å². The van der Waals surface area contributed by atoms with E-state index in [1.54, 1.807) is 6.07 Å². The molecule has 0 fully saturated rings. The van der Waals surface area contributed by atoms with Crippen molar-refractivity contribution < 1.29 is 9.13 Å². The van der Waals surface area contributed by atoms with Crippen molar-refractivity contribution in [2.24, 2.45) is 0 Å².